The van der Waals surface area contributed by atoms with Gasteiger partial charge in [0.05, 0.1) is 23.9 Å². The SMILES string of the molecule is CCCCOC(=O)c1cc2ncc(-n3cc([N+](=O)[O-])cn3)cn2n1. The van der Waals surface area contributed by atoms with Crippen molar-refractivity contribution < 1.29 is 14.5 Å². The zero-order valence-corrected chi connectivity index (χ0v) is 12.8. The minimum Gasteiger partial charge on any atom is -0.461 e. The van der Waals surface area contributed by atoms with Crippen molar-refractivity contribution >= 4 is 17.3 Å². The molecule has 0 unspecified atom stereocenters. The molecule has 0 aliphatic rings. The van der Waals surface area contributed by atoms with E-state index in [2.05, 4.69) is 15.2 Å². The van der Waals surface area contributed by atoms with E-state index in [4.69, 9.17) is 4.74 Å². The van der Waals surface area contributed by atoms with Gasteiger partial charge in [-0.3, -0.25) is 10.1 Å². The lowest BCUT2D eigenvalue weighted by molar-refractivity contribution is -0.384. The molecule has 0 fully saturated rings. The van der Waals surface area contributed by atoms with Gasteiger partial charge in [-0.05, 0) is 6.42 Å². The molecule has 0 aliphatic heterocycles. The predicted octanol–water partition coefficient (Wildman–Crippen LogP) is 1.78. The van der Waals surface area contributed by atoms with Crippen molar-refractivity contribution in [1.29, 1.82) is 0 Å². The highest BCUT2D eigenvalue weighted by atomic mass is 16.6. The average molecular weight is 330 g/mol. The Morgan fingerprint density at radius 1 is 1.38 bits per heavy atom. The zero-order valence-electron chi connectivity index (χ0n) is 12.8. The predicted molar refractivity (Wildman–Crippen MR) is 82.0 cm³/mol. The lowest BCUT2D eigenvalue weighted by Gasteiger charge is -2.00. The van der Waals surface area contributed by atoms with Crippen LogP contribution in [0.3, 0.4) is 0 Å². The number of carbonyl (C=O) groups is 1. The Balaban J connectivity index is 1.85. The van der Waals surface area contributed by atoms with Gasteiger partial charge in [0.15, 0.2) is 11.3 Å². The van der Waals surface area contributed by atoms with E-state index in [1.807, 2.05) is 6.92 Å². The minimum absolute atomic E-state index is 0.129. The average Bonchev–Trinajstić information content (AvgIpc) is 3.21. The summed E-state index contributed by atoms with van der Waals surface area (Å²) in [5, 5.41) is 18.7. The monoisotopic (exact) mass is 330 g/mol. The van der Waals surface area contributed by atoms with Gasteiger partial charge in [-0.1, -0.05) is 13.3 Å². The summed E-state index contributed by atoms with van der Waals surface area (Å²) in [6.07, 6.45) is 7.19. The summed E-state index contributed by atoms with van der Waals surface area (Å²) in [5.74, 6) is -0.509. The third-order valence-electron chi connectivity index (χ3n) is 3.28. The summed E-state index contributed by atoms with van der Waals surface area (Å²) in [7, 11) is 0. The van der Waals surface area contributed by atoms with Crippen molar-refractivity contribution in [3.63, 3.8) is 0 Å². The van der Waals surface area contributed by atoms with E-state index in [0.717, 1.165) is 19.0 Å². The molecule has 10 heteroatoms. The highest BCUT2D eigenvalue weighted by molar-refractivity contribution is 5.88. The number of esters is 1. The maximum atomic E-state index is 11.9. The molecule has 10 nitrogen and oxygen atoms in total. The second-order valence-corrected chi connectivity index (χ2v) is 5.03. The molecule has 24 heavy (non-hydrogen) atoms. The number of rotatable bonds is 6. The number of unbranched alkanes of at least 4 members (excludes halogenated alkanes) is 1. The molecule has 0 amide bonds. The van der Waals surface area contributed by atoms with Gasteiger partial charge in [0.2, 0.25) is 0 Å². The molecule has 3 heterocycles. The van der Waals surface area contributed by atoms with Gasteiger partial charge < -0.3 is 4.74 Å². The third-order valence-corrected chi connectivity index (χ3v) is 3.28. The van der Waals surface area contributed by atoms with Gasteiger partial charge in [-0.25, -0.2) is 19.0 Å². The molecule has 0 saturated carbocycles. The zero-order chi connectivity index (χ0) is 17.1. The van der Waals surface area contributed by atoms with Gasteiger partial charge in [-0.2, -0.15) is 10.2 Å². The molecule has 0 aliphatic carbocycles. The maximum Gasteiger partial charge on any atom is 0.358 e. The highest BCUT2D eigenvalue weighted by Crippen LogP contribution is 2.14. The molecule has 0 N–H and O–H groups in total. The van der Waals surface area contributed by atoms with Crippen LogP contribution in [0.25, 0.3) is 11.3 Å². The molecule has 0 bridgehead atoms. The third kappa shape index (κ3) is 3.07. The molecular formula is C14H14N6O4. The van der Waals surface area contributed by atoms with E-state index >= 15 is 0 Å². The summed E-state index contributed by atoms with van der Waals surface area (Å²) in [5.41, 5.74) is 0.963. The van der Waals surface area contributed by atoms with Gasteiger partial charge in [-0.15, -0.1) is 0 Å². The summed E-state index contributed by atoms with van der Waals surface area (Å²) in [6, 6.07) is 1.52. The summed E-state index contributed by atoms with van der Waals surface area (Å²) in [6.45, 7) is 2.35. The number of fused-ring (bicyclic) bond motifs is 1. The van der Waals surface area contributed by atoms with Gasteiger partial charge in [0.25, 0.3) is 0 Å². The fourth-order valence-electron chi connectivity index (χ4n) is 2.02. The van der Waals surface area contributed by atoms with E-state index in [9.17, 15) is 14.9 Å². The van der Waals surface area contributed by atoms with Crippen LogP contribution in [0.4, 0.5) is 5.69 Å². The van der Waals surface area contributed by atoms with Crippen LogP contribution in [0.5, 0.6) is 0 Å². The molecule has 0 atom stereocenters. The van der Waals surface area contributed by atoms with Crippen LogP contribution in [0.1, 0.15) is 30.3 Å². The van der Waals surface area contributed by atoms with Crippen LogP contribution in [-0.2, 0) is 4.74 Å². The molecule has 3 aromatic heterocycles. The van der Waals surface area contributed by atoms with E-state index < -0.39 is 10.9 Å². The maximum absolute atomic E-state index is 11.9. The number of carbonyl (C=O) groups excluding carboxylic acids is 1. The second-order valence-electron chi connectivity index (χ2n) is 5.03. The van der Waals surface area contributed by atoms with Gasteiger partial charge in [0, 0.05) is 6.07 Å². The molecule has 0 saturated heterocycles. The molecule has 0 aromatic carbocycles. The van der Waals surface area contributed by atoms with Crippen LogP contribution < -0.4 is 0 Å². The van der Waals surface area contributed by atoms with Crippen molar-refractivity contribution in [2.75, 3.05) is 6.61 Å². The first-order valence-electron chi connectivity index (χ1n) is 7.30. The Labute approximate surface area is 135 Å². The van der Waals surface area contributed by atoms with E-state index in [1.54, 1.807) is 6.20 Å². The largest absolute Gasteiger partial charge is 0.461 e. The number of nitrogens with zero attached hydrogens (tertiary/aromatic N) is 6. The lowest BCUT2D eigenvalue weighted by Crippen LogP contribution is -2.07. The molecular weight excluding hydrogens is 316 g/mol. The summed E-state index contributed by atoms with van der Waals surface area (Å²) >= 11 is 0. The van der Waals surface area contributed by atoms with Crippen LogP contribution in [0.2, 0.25) is 0 Å². The first-order chi connectivity index (χ1) is 11.6. The quantitative estimate of drug-likeness (QED) is 0.292. The lowest BCUT2D eigenvalue weighted by atomic mass is 10.3. The molecule has 0 radical (unpaired) electrons. The Bertz CT molecular complexity index is 900. The van der Waals surface area contributed by atoms with Crippen LogP contribution in [-0.4, -0.2) is 41.9 Å². The highest BCUT2D eigenvalue weighted by Gasteiger charge is 2.14. The Kier molecular flexibility index (Phi) is 4.18. The number of hydrogen-bond donors (Lipinski definition) is 0. The van der Waals surface area contributed by atoms with Crippen LogP contribution >= 0.6 is 0 Å². The molecule has 0 spiro atoms. The van der Waals surface area contributed by atoms with E-state index in [1.165, 1.54) is 27.7 Å². The number of nitro groups is 1. The van der Waals surface area contributed by atoms with Gasteiger partial charge in [0.1, 0.15) is 18.1 Å². The Morgan fingerprint density at radius 2 is 2.21 bits per heavy atom. The summed E-state index contributed by atoms with van der Waals surface area (Å²) in [4.78, 5) is 26.3. The minimum atomic E-state index is -0.534. The number of hydrogen-bond acceptors (Lipinski definition) is 7. The fourth-order valence-corrected chi connectivity index (χ4v) is 2.02. The standard InChI is InChI=1S/C14H14N6O4/c1-2-3-4-24-14(21)12-5-13-15-6-10(8-19(13)17-12)18-9-11(7-16-18)20(22)23/h5-9H,2-4H2,1H3. The molecule has 3 aromatic rings. The van der Waals surface area contributed by atoms with Crippen LogP contribution in [0.15, 0.2) is 30.9 Å². The number of ether oxygens (including phenoxy) is 1. The van der Waals surface area contributed by atoms with Crippen molar-refractivity contribution in [3.05, 3.63) is 46.7 Å². The van der Waals surface area contributed by atoms with Crippen molar-refractivity contribution in [1.82, 2.24) is 24.4 Å². The first-order valence-corrected chi connectivity index (χ1v) is 7.30. The fraction of sp³-hybridized carbons (Fsp3) is 0.286. The number of aromatic nitrogens is 5. The first kappa shape index (κ1) is 15.6. The smallest absolute Gasteiger partial charge is 0.358 e. The van der Waals surface area contributed by atoms with E-state index in [-0.39, 0.29) is 11.4 Å². The van der Waals surface area contributed by atoms with Crippen molar-refractivity contribution in [2.45, 2.75) is 19.8 Å². The van der Waals surface area contributed by atoms with Gasteiger partial charge >= 0.3 is 11.7 Å². The Morgan fingerprint density at radius 3 is 2.92 bits per heavy atom. The molecule has 124 valence electrons. The van der Waals surface area contributed by atoms with Crippen molar-refractivity contribution in [2.24, 2.45) is 0 Å². The molecule has 3 rings (SSSR count). The topological polar surface area (TPSA) is 117 Å². The van der Waals surface area contributed by atoms with Crippen molar-refractivity contribution in [3.8, 4) is 5.69 Å². The normalized spacial score (nSPS) is 10.9. The van der Waals surface area contributed by atoms with Crippen LogP contribution in [0, 0.1) is 10.1 Å². The second kappa shape index (κ2) is 6.44. The summed E-state index contributed by atoms with van der Waals surface area (Å²) < 4.78 is 7.82. The van der Waals surface area contributed by atoms with E-state index in [0.29, 0.717) is 17.9 Å². The Hall–Kier alpha value is -3.30.